The second-order valence-corrected chi connectivity index (χ2v) is 7.57. The normalized spacial score (nSPS) is 16.3. The third kappa shape index (κ3) is 4.46. The Morgan fingerprint density at radius 1 is 1.28 bits per heavy atom. The average Bonchev–Trinajstić information content (AvgIpc) is 3.30. The van der Waals surface area contributed by atoms with Crippen LogP contribution >= 0.6 is 0 Å². The van der Waals surface area contributed by atoms with Crippen molar-refractivity contribution in [3.05, 3.63) is 53.2 Å². The zero-order valence-electron chi connectivity index (χ0n) is 17.7. The van der Waals surface area contributed by atoms with Gasteiger partial charge in [0.2, 0.25) is 5.88 Å². The van der Waals surface area contributed by atoms with E-state index in [1.54, 1.807) is 23.0 Å². The minimum absolute atomic E-state index is 0.147. The largest absolute Gasteiger partial charge is 0.478 e. The molecule has 3 heterocycles. The topological polar surface area (TPSA) is 86.9 Å². The van der Waals surface area contributed by atoms with Crippen LogP contribution in [0.2, 0.25) is 0 Å². The summed E-state index contributed by atoms with van der Waals surface area (Å²) in [6.45, 7) is 2.36. The molecule has 1 N–H and O–H groups in total. The van der Waals surface area contributed by atoms with Gasteiger partial charge in [-0.2, -0.15) is 23.4 Å². The molecule has 4 rings (SSSR count). The second-order valence-electron chi connectivity index (χ2n) is 7.57. The van der Waals surface area contributed by atoms with Crippen molar-refractivity contribution in [1.29, 1.82) is 0 Å². The van der Waals surface area contributed by atoms with E-state index in [0.29, 0.717) is 18.9 Å². The molecule has 0 aromatic carbocycles. The minimum atomic E-state index is -4.61. The van der Waals surface area contributed by atoms with Gasteiger partial charge in [0.1, 0.15) is 5.69 Å². The van der Waals surface area contributed by atoms with Gasteiger partial charge in [-0.3, -0.25) is 9.48 Å². The Labute approximate surface area is 182 Å². The molecule has 0 fully saturated rings. The van der Waals surface area contributed by atoms with Gasteiger partial charge in [0.15, 0.2) is 5.69 Å². The summed E-state index contributed by atoms with van der Waals surface area (Å²) in [6, 6.07) is 3.98. The van der Waals surface area contributed by atoms with Gasteiger partial charge in [-0.25, -0.2) is 9.67 Å². The predicted molar refractivity (Wildman–Crippen MR) is 109 cm³/mol. The highest BCUT2D eigenvalue weighted by Gasteiger charge is 2.36. The molecule has 0 saturated carbocycles. The highest BCUT2D eigenvalue weighted by Crippen LogP contribution is 2.31. The van der Waals surface area contributed by atoms with Crippen LogP contribution in [0, 0.1) is 0 Å². The molecule has 0 bridgehead atoms. The Balaban J connectivity index is 1.60. The first-order chi connectivity index (χ1) is 15.3. The molecule has 0 spiro atoms. The number of alkyl halides is 3. The van der Waals surface area contributed by atoms with Gasteiger partial charge in [0.25, 0.3) is 5.91 Å². The summed E-state index contributed by atoms with van der Waals surface area (Å²) in [4.78, 5) is 17.0. The highest BCUT2D eigenvalue weighted by atomic mass is 19.4. The van der Waals surface area contributed by atoms with Gasteiger partial charge in [0.05, 0.1) is 24.0 Å². The molecule has 3 aromatic heterocycles. The molecule has 170 valence electrons. The van der Waals surface area contributed by atoms with E-state index in [9.17, 15) is 18.0 Å². The van der Waals surface area contributed by atoms with Crippen molar-refractivity contribution >= 4 is 5.91 Å². The lowest BCUT2D eigenvalue weighted by atomic mass is 10.1. The SMILES string of the molecule is CCOc1cc(-n2cc3c(n2)CCCCC3NC(=O)c2cc(C(F)(F)F)nn2C)ccn1. The Morgan fingerprint density at radius 2 is 2.09 bits per heavy atom. The van der Waals surface area contributed by atoms with Crippen LogP contribution in [0.25, 0.3) is 5.69 Å². The Bertz CT molecular complexity index is 1120. The van der Waals surface area contributed by atoms with E-state index in [1.807, 2.05) is 13.1 Å². The quantitative estimate of drug-likeness (QED) is 0.603. The highest BCUT2D eigenvalue weighted by molar-refractivity contribution is 5.93. The molecule has 1 amide bonds. The van der Waals surface area contributed by atoms with Gasteiger partial charge < -0.3 is 10.1 Å². The molecule has 3 aromatic rings. The number of carbonyl (C=O) groups is 1. The van der Waals surface area contributed by atoms with Crippen LogP contribution in [0.1, 0.15) is 59.7 Å². The minimum Gasteiger partial charge on any atom is -0.478 e. The lowest BCUT2D eigenvalue weighted by molar-refractivity contribution is -0.141. The third-order valence-electron chi connectivity index (χ3n) is 5.34. The first kappa shape index (κ1) is 21.8. The lowest BCUT2D eigenvalue weighted by Crippen LogP contribution is -2.30. The first-order valence-corrected chi connectivity index (χ1v) is 10.4. The fourth-order valence-electron chi connectivity index (χ4n) is 3.81. The number of pyridine rings is 1. The van der Waals surface area contributed by atoms with Crippen LogP contribution in [0.15, 0.2) is 30.6 Å². The number of carbonyl (C=O) groups excluding carboxylic acids is 1. The van der Waals surface area contributed by atoms with E-state index in [1.165, 1.54) is 7.05 Å². The molecule has 1 unspecified atom stereocenters. The molecular weight excluding hydrogens is 425 g/mol. The number of nitrogens with zero attached hydrogens (tertiary/aromatic N) is 5. The monoisotopic (exact) mass is 448 g/mol. The zero-order valence-corrected chi connectivity index (χ0v) is 17.7. The summed E-state index contributed by atoms with van der Waals surface area (Å²) in [6.07, 6.45) is 2.05. The Hall–Kier alpha value is -3.37. The maximum Gasteiger partial charge on any atom is 0.435 e. The number of hydrogen-bond acceptors (Lipinski definition) is 5. The molecule has 1 aliphatic rings. The van der Waals surface area contributed by atoms with E-state index < -0.39 is 17.8 Å². The summed E-state index contributed by atoms with van der Waals surface area (Å²) in [7, 11) is 1.32. The van der Waals surface area contributed by atoms with Crippen LogP contribution in [0.5, 0.6) is 5.88 Å². The molecule has 1 aliphatic carbocycles. The molecule has 0 radical (unpaired) electrons. The maximum atomic E-state index is 13.0. The van der Waals surface area contributed by atoms with E-state index >= 15 is 0 Å². The zero-order chi connectivity index (χ0) is 22.9. The number of hydrogen-bond donors (Lipinski definition) is 1. The van der Waals surface area contributed by atoms with Crippen molar-refractivity contribution in [2.75, 3.05) is 6.61 Å². The van der Waals surface area contributed by atoms with Gasteiger partial charge >= 0.3 is 6.18 Å². The van der Waals surface area contributed by atoms with Crippen LogP contribution in [0.3, 0.4) is 0 Å². The molecule has 11 heteroatoms. The van der Waals surface area contributed by atoms with E-state index in [-0.39, 0.29) is 11.7 Å². The number of halogens is 3. The summed E-state index contributed by atoms with van der Waals surface area (Å²) in [5.74, 6) is -0.124. The van der Waals surface area contributed by atoms with E-state index in [4.69, 9.17) is 4.74 Å². The fraction of sp³-hybridized carbons (Fsp3) is 0.429. The van der Waals surface area contributed by atoms with Crippen molar-refractivity contribution < 1.29 is 22.7 Å². The number of amides is 1. The summed E-state index contributed by atoms with van der Waals surface area (Å²) in [5.41, 5.74) is 1.23. The Morgan fingerprint density at radius 3 is 2.81 bits per heavy atom. The molecule has 0 saturated heterocycles. The summed E-state index contributed by atoms with van der Waals surface area (Å²) in [5, 5.41) is 11.0. The predicted octanol–water partition coefficient (Wildman–Crippen LogP) is 3.62. The number of aromatic nitrogens is 5. The summed E-state index contributed by atoms with van der Waals surface area (Å²) >= 11 is 0. The van der Waals surface area contributed by atoms with Crippen molar-refractivity contribution in [2.45, 2.75) is 44.8 Å². The second kappa shape index (κ2) is 8.64. The number of fused-ring (bicyclic) bond motifs is 1. The summed E-state index contributed by atoms with van der Waals surface area (Å²) < 4.78 is 47.0. The van der Waals surface area contributed by atoms with Crippen LogP contribution < -0.4 is 10.1 Å². The first-order valence-electron chi connectivity index (χ1n) is 10.4. The van der Waals surface area contributed by atoms with E-state index in [2.05, 4.69) is 20.5 Å². The van der Waals surface area contributed by atoms with E-state index in [0.717, 1.165) is 47.0 Å². The van der Waals surface area contributed by atoms with Gasteiger partial charge in [-0.15, -0.1) is 0 Å². The van der Waals surface area contributed by atoms with Crippen LogP contribution in [-0.2, 0) is 19.6 Å². The molecular formula is C21H23F3N6O2. The number of aryl methyl sites for hydroxylation is 2. The van der Waals surface area contributed by atoms with Crippen molar-refractivity contribution in [3.8, 4) is 11.6 Å². The molecule has 0 aliphatic heterocycles. The number of nitrogens with one attached hydrogen (secondary N) is 1. The fourth-order valence-corrected chi connectivity index (χ4v) is 3.81. The number of rotatable bonds is 5. The van der Waals surface area contributed by atoms with Crippen molar-refractivity contribution in [2.24, 2.45) is 7.05 Å². The maximum absolute atomic E-state index is 13.0. The van der Waals surface area contributed by atoms with Crippen LogP contribution in [-0.4, -0.2) is 37.1 Å². The molecule has 32 heavy (non-hydrogen) atoms. The Kier molecular flexibility index (Phi) is 5.90. The number of ether oxygens (including phenoxy) is 1. The average molecular weight is 448 g/mol. The van der Waals surface area contributed by atoms with Crippen molar-refractivity contribution in [3.63, 3.8) is 0 Å². The van der Waals surface area contributed by atoms with Gasteiger partial charge in [-0.05, 0) is 32.3 Å². The van der Waals surface area contributed by atoms with Gasteiger partial charge in [-0.1, -0.05) is 6.42 Å². The van der Waals surface area contributed by atoms with Crippen LogP contribution in [0.4, 0.5) is 13.2 Å². The molecule has 8 nitrogen and oxygen atoms in total. The third-order valence-corrected chi connectivity index (χ3v) is 5.34. The lowest BCUT2D eigenvalue weighted by Gasteiger charge is -2.16. The smallest absolute Gasteiger partial charge is 0.435 e. The van der Waals surface area contributed by atoms with Gasteiger partial charge in [0, 0.05) is 37.1 Å². The molecule has 1 atom stereocenters. The van der Waals surface area contributed by atoms with Crippen molar-refractivity contribution in [1.82, 2.24) is 29.9 Å². The standard InChI is InChI=1S/C21H23F3N6O2/c1-3-32-19-10-13(8-9-25-19)30-12-14-15(6-4-5-7-16(14)27-30)26-20(31)17-11-18(21(22,23)24)28-29(17)2/h8-12,15H,3-7H2,1-2H3,(H,26,31).